The number of carbonyl (C=O) groups is 1. The summed E-state index contributed by atoms with van der Waals surface area (Å²) in [5.41, 5.74) is 2.48. The van der Waals surface area contributed by atoms with Crippen LogP contribution < -0.4 is 9.62 Å². The van der Waals surface area contributed by atoms with Gasteiger partial charge in [-0.25, -0.2) is 8.42 Å². The van der Waals surface area contributed by atoms with Gasteiger partial charge in [-0.3, -0.25) is 9.10 Å². The Balaban J connectivity index is 1.65. The van der Waals surface area contributed by atoms with E-state index in [0.717, 1.165) is 28.2 Å². The molecule has 0 spiro atoms. The number of anilines is 1. The van der Waals surface area contributed by atoms with Crippen molar-refractivity contribution in [3.05, 3.63) is 88.9 Å². The molecule has 3 rings (SSSR count). The first kappa shape index (κ1) is 25.1. The molecule has 0 unspecified atom stereocenters. The quantitative estimate of drug-likeness (QED) is 0.295. The van der Waals surface area contributed by atoms with Crippen molar-refractivity contribution in [2.75, 3.05) is 23.1 Å². The van der Waals surface area contributed by atoms with Gasteiger partial charge in [0.2, 0.25) is 5.91 Å². The van der Waals surface area contributed by atoms with E-state index >= 15 is 0 Å². The minimum absolute atomic E-state index is 0.149. The number of halogens is 1. The molecule has 3 aromatic carbocycles. The summed E-state index contributed by atoms with van der Waals surface area (Å²) in [4.78, 5) is 13.9. The Hall–Kier alpha value is -2.48. The van der Waals surface area contributed by atoms with Crippen LogP contribution in [0.15, 0.2) is 82.6 Å². The molecule has 0 fully saturated rings. The third-order valence-corrected chi connectivity index (χ3v) is 8.26. The van der Waals surface area contributed by atoms with Crippen molar-refractivity contribution in [2.45, 2.75) is 30.1 Å². The highest BCUT2D eigenvalue weighted by Crippen LogP contribution is 2.25. The summed E-state index contributed by atoms with van der Waals surface area (Å²) in [6, 6.07) is 21.2. The van der Waals surface area contributed by atoms with E-state index in [-0.39, 0.29) is 17.3 Å². The number of hydrogen-bond acceptors (Lipinski definition) is 4. The van der Waals surface area contributed by atoms with E-state index < -0.39 is 10.0 Å². The molecule has 0 aliphatic carbocycles. The standard InChI is InChI=1S/C25H27ClN2O3S2/c1-19-9-12-22(17-20(19)2)28(33(30,31)24-7-4-3-5-8-24)18-25(29)27-15-6-16-32-23-13-10-21(26)11-14-23/h3-5,7-14,17H,6,15-16,18H2,1-2H3,(H,27,29). The van der Waals surface area contributed by atoms with E-state index in [2.05, 4.69) is 5.32 Å². The molecule has 3 aromatic rings. The second-order valence-corrected chi connectivity index (χ2v) is 11.1. The van der Waals surface area contributed by atoms with Crippen LogP contribution >= 0.6 is 23.4 Å². The lowest BCUT2D eigenvalue weighted by atomic mass is 10.1. The molecule has 174 valence electrons. The van der Waals surface area contributed by atoms with Crippen LogP contribution in [-0.2, 0) is 14.8 Å². The molecule has 0 saturated heterocycles. The number of nitrogens with one attached hydrogen (secondary N) is 1. The highest BCUT2D eigenvalue weighted by Gasteiger charge is 2.27. The Kier molecular flexibility index (Phi) is 8.83. The van der Waals surface area contributed by atoms with Gasteiger partial charge >= 0.3 is 0 Å². The van der Waals surface area contributed by atoms with Crippen molar-refractivity contribution in [1.29, 1.82) is 0 Å². The van der Waals surface area contributed by atoms with E-state index in [4.69, 9.17) is 11.6 Å². The summed E-state index contributed by atoms with van der Waals surface area (Å²) in [6.45, 7) is 4.06. The van der Waals surface area contributed by atoms with Gasteiger partial charge in [0.25, 0.3) is 10.0 Å². The van der Waals surface area contributed by atoms with Gasteiger partial charge in [0, 0.05) is 16.5 Å². The second kappa shape index (κ2) is 11.6. The molecule has 0 saturated carbocycles. The van der Waals surface area contributed by atoms with Gasteiger partial charge in [-0.05, 0) is 85.7 Å². The Morgan fingerprint density at radius 3 is 2.33 bits per heavy atom. The lowest BCUT2D eigenvalue weighted by molar-refractivity contribution is -0.119. The molecule has 0 heterocycles. The molecular weight excluding hydrogens is 476 g/mol. The van der Waals surface area contributed by atoms with Crippen molar-refractivity contribution in [3.63, 3.8) is 0 Å². The average molecular weight is 503 g/mol. The van der Waals surface area contributed by atoms with Crippen LogP contribution in [0.3, 0.4) is 0 Å². The average Bonchev–Trinajstić information content (AvgIpc) is 2.81. The number of benzene rings is 3. The molecule has 0 radical (unpaired) electrons. The van der Waals surface area contributed by atoms with Gasteiger partial charge in [-0.15, -0.1) is 11.8 Å². The normalized spacial score (nSPS) is 11.2. The van der Waals surface area contributed by atoms with Gasteiger partial charge in [0.15, 0.2) is 0 Å². The Morgan fingerprint density at radius 1 is 0.970 bits per heavy atom. The SMILES string of the molecule is Cc1ccc(N(CC(=O)NCCCSc2ccc(Cl)cc2)S(=O)(=O)c2ccccc2)cc1C. The maximum absolute atomic E-state index is 13.4. The topological polar surface area (TPSA) is 66.5 Å². The first-order valence-corrected chi connectivity index (χ1v) is 13.4. The third-order valence-electron chi connectivity index (χ3n) is 5.12. The first-order chi connectivity index (χ1) is 15.8. The number of nitrogens with zero attached hydrogens (tertiary/aromatic N) is 1. The number of thioether (sulfide) groups is 1. The van der Waals surface area contributed by atoms with E-state index in [1.807, 2.05) is 44.2 Å². The van der Waals surface area contributed by atoms with Gasteiger partial charge < -0.3 is 5.32 Å². The molecule has 0 atom stereocenters. The van der Waals surface area contributed by atoms with Gasteiger partial charge in [0.1, 0.15) is 6.54 Å². The van der Waals surface area contributed by atoms with Crippen LogP contribution in [0.25, 0.3) is 0 Å². The van der Waals surface area contributed by atoms with Crippen LogP contribution in [0.2, 0.25) is 5.02 Å². The molecular formula is C25H27ClN2O3S2. The highest BCUT2D eigenvalue weighted by molar-refractivity contribution is 7.99. The number of aryl methyl sites for hydroxylation is 2. The molecule has 0 bridgehead atoms. The van der Waals surface area contributed by atoms with Crippen molar-refractivity contribution in [3.8, 4) is 0 Å². The smallest absolute Gasteiger partial charge is 0.264 e. The van der Waals surface area contributed by atoms with Gasteiger partial charge in [-0.2, -0.15) is 0 Å². The Morgan fingerprint density at radius 2 is 1.67 bits per heavy atom. The van der Waals surface area contributed by atoms with Crippen molar-refractivity contribution >= 4 is 45.0 Å². The molecule has 33 heavy (non-hydrogen) atoms. The van der Waals surface area contributed by atoms with Crippen molar-refractivity contribution in [2.24, 2.45) is 0 Å². The van der Waals surface area contributed by atoms with Crippen LogP contribution in [0, 0.1) is 13.8 Å². The maximum Gasteiger partial charge on any atom is 0.264 e. The van der Waals surface area contributed by atoms with E-state index in [1.54, 1.807) is 42.1 Å². The molecule has 5 nitrogen and oxygen atoms in total. The zero-order valence-corrected chi connectivity index (χ0v) is 21.0. The summed E-state index contributed by atoms with van der Waals surface area (Å²) in [5.74, 6) is 0.481. The number of rotatable bonds is 10. The summed E-state index contributed by atoms with van der Waals surface area (Å²) < 4.78 is 27.9. The zero-order valence-electron chi connectivity index (χ0n) is 18.6. The molecule has 0 aromatic heterocycles. The maximum atomic E-state index is 13.4. The van der Waals surface area contributed by atoms with Crippen LogP contribution in [0.1, 0.15) is 17.5 Å². The fraction of sp³-hybridized carbons (Fsp3) is 0.240. The fourth-order valence-corrected chi connectivity index (χ4v) is 5.54. The predicted molar refractivity (Wildman–Crippen MR) is 137 cm³/mol. The largest absolute Gasteiger partial charge is 0.354 e. The fourth-order valence-electron chi connectivity index (χ4n) is 3.12. The van der Waals surface area contributed by atoms with Gasteiger partial charge in [-0.1, -0.05) is 35.9 Å². The molecule has 1 N–H and O–H groups in total. The van der Waals surface area contributed by atoms with Crippen molar-refractivity contribution in [1.82, 2.24) is 5.32 Å². The predicted octanol–water partition coefficient (Wildman–Crippen LogP) is 5.45. The Labute approximate surface area is 205 Å². The summed E-state index contributed by atoms with van der Waals surface area (Å²) in [5, 5.41) is 3.55. The van der Waals surface area contributed by atoms with Crippen LogP contribution in [0.5, 0.6) is 0 Å². The van der Waals surface area contributed by atoms with Crippen LogP contribution in [0.4, 0.5) is 5.69 Å². The zero-order chi connectivity index (χ0) is 23.8. The lowest BCUT2D eigenvalue weighted by Gasteiger charge is -2.25. The first-order valence-electron chi connectivity index (χ1n) is 10.6. The van der Waals surface area contributed by atoms with E-state index in [9.17, 15) is 13.2 Å². The summed E-state index contributed by atoms with van der Waals surface area (Å²) >= 11 is 7.58. The third kappa shape index (κ3) is 7.00. The minimum atomic E-state index is -3.90. The summed E-state index contributed by atoms with van der Waals surface area (Å²) in [7, 11) is -3.90. The monoisotopic (exact) mass is 502 g/mol. The number of amides is 1. The minimum Gasteiger partial charge on any atom is -0.354 e. The summed E-state index contributed by atoms with van der Waals surface area (Å²) in [6.07, 6.45) is 0.758. The molecule has 1 amide bonds. The second-order valence-electron chi connectivity index (χ2n) is 7.60. The number of hydrogen-bond donors (Lipinski definition) is 1. The van der Waals surface area contributed by atoms with E-state index in [0.29, 0.717) is 17.3 Å². The molecule has 8 heteroatoms. The highest BCUT2D eigenvalue weighted by atomic mass is 35.5. The van der Waals surface area contributed by atoms with Crippen molar-refractivity contribution < 1.29 is 13.2 Å². The lowest BCUT2D eigenvalue weighted by Crippen LogP contribution is -2.41. The van der Waals surface area contributed by atoms with Crippen LogP contribution in [-0.4, -0.2) is 33.2 Å². The Bertz CT molecular complexity index is 1180. The van der Waals surface area contributed by atoms with Gasteiger partial charge in [0.05, 0.1) is 10.6 Å². The molecule has 0 aliphatic heterocycles. The van der Waals surface area contributed by atoms with E-state index in [1.165, 1.54) is 16.4 Å². The molecule has 0 aliphatic rings. The number of carbonyl (C=O) groups excluding carboxylic acids is 1. The number of sulfonamides is 1.